The minimum atomic E-state index is -0.930. The monoisotopic (exact) mass is 316 g/mol. The van der Waals surface area contributed by atoms with Gasteiger partial charge < -0.3 is 5.73 Å². The molecule has 0 saturated carbocycles. The number of nitrogens with two attached hydrogens (primary N) is 1. The second kappa shape index (κ2) is 5.11. The van der Waals surface area contributed by atoms with Crippen LogP contribution in [0.2, 0.25) is 0 Å². The van der Waals surface area contributed by atoms with Gasteiger partial charge in [-0.15, -0.1) is 0 Å². The Morgan fingerprint density at radius 1 is 1.44 bits per heavy atom. The van der Waals surface area contributed by atoms with Gasteiger partial charge in [-0.3, -0.25) is 4.68 Å². The van der Waals surface area contributed by atoms with Crippen LogP contribution in [0.4, 0.5) is 8.78 Å². The van der Waals surface area contributed by atoms with Gasteiger partial charge in [0.15, 0.2) is 11.6 Å². The third-order valence-electron chi connectivity index (χ3n) is 2.67. The molecule has 0 spiro atoms. The quantitative estimate of drug-likeness (QED) is 0.882. The van der Waals surface area contributed by atoms with Crippen LogP contribution in [0.1, 0.15) is 17.4 Å². The number of hydrogen-bond donors (Lipinski definition) is 1. The molecule has 0 radical (unpaired) electrons. The van der Waals surface area contributed by atoms with Crippen molar-refractivity contribution in [1.29, 1.82) is 0 Å². The minimum absolute atomic E-state index is 0.0529. The Morgan fingerprint density at radius 2 is 2.17 bits per heavy atom. The van der Waals surface area contributed by atoms with Crippen LogP contribution in [0.25, 0.3) is 0 Å². The highest BCUT2D eigenvalue weighted by atomic mass is 79.9. The van der Waals surface area contributed by atoms with E-state index in [9.17, 15) is 8.78 Å². The third-order valence-corrected chi connectivity index (χ3v) is 3.48. The minimum Gasteiger partial charge on any atom is -0.324 e. The van der Waals surface area contributed by atoms with Gasteiger partial charge in [-0.1, -0.05) is 6.07 Å². The lowest BCUT2D eigenvalue weighted by molar-refractivity contribution is 0.499. The fraction of sp³-hybridized carbons (Fsp3) is 0.273. The average Bonchev–Trinajstić information content (AvgIpc) is 2.72. The number of aryl methyl sites for hydroxylation is 1. The fourth-order valence-electron chi connectivity index (χ4n) is 1.64. The highest BCUT2D eigenvalue weighted by molar-refractivity contribution is 9.10. The Bertz CT molecular complexity index is 570. The molecule has 2 aromatic rings. The highest BCUT2D eigenvalue weighted by Crippen LogP contribution is 2.28. The van der Waals surface area contributed by atoms with E-state index in [1.54, 1.807) is 11.7 Å². The van der Waals surface area contributed by atoms with Crippen LogP contribution >= 0.6 is 15.9 Å². The second-order valence-electron chi connectivity index (χ2n) is 3.88. The van der Waals surface area contributed by atoms with E-state index in [1.165, 1.54) is 12.4 Å². The SMILES string of the molecule is Cn1ncnc1CC(N)c1ccc(F)c(F)c1Br. The van der Waals surface area contributed by atoms with Crippen molar-refractivity contribution in [3.05, 3.63) is 46.0 Å². The number of benzene rings is 1. The summed E-state index contributed by atoms with van der Waals surface area (Å²) < 4.78 is 28.0. The Balaban J connectivity index is 2.27. The van der Waals surface area contributed by atoms with E-state index in [1.807, 2.05) is 0 Å². The first-order valence-electron chi connectivity index (χ1n) is 5.22. The van der Waals surface area contributed by atoms with Gasteiger partial charge in [-0.05, 0) is 27.6 Å². The van der Waals surface area contributed by atoms with Gasteiger partial charge in [-0.2, -0.15) is 5.10 Å². The summed E-state index contributed by atoms with van der Waals surface area (Å²) in [4.78, 5) is 4.04. The van der Waals surface area contributed by atoms with Crippen LogP contribution in [0.5, 0.6) is 0 Å². The summed E-state index contributed by atoms with van der Waals surface area (Å²) in [5.74, 6) is -1.16. The molecule has 18 heavy (non-hydrogen) atoms. The molecular formula is C11H11BrF2N4. The second-order valence-corrected chi connectivity index (χ2v) is 4.67. The maximum absolute atomic E-state index is 13.4. The number of hydrogen-bond acceptors (Lipinski definition) is 3. The average molecular weight is 317 g/mol. The Labute approximate surface area is 111 Å². The Hall–Kier alpha value is -1.34. The molecule has 0 aliphatic carbocycles. The predicted molar refractivity (Wildman–Crippen MR) is 65.7 cm³/mol. The summed E-state index contributed by atoms with van der Waals surface area (Å²) in [6.07, 6.45) is 1.81. The number of rotatable bonds is 3. The van der Waals surface area contributed by atoms with Crippen molar-refractivity contribution < 1.29 is 8.78 Å². The van der Waals surface area contributed by atoms with Crippen LogP contribution in [0.15, 0.2) is 22.9 Å². The summed E-state index contributed by atoms with van der Waals surface area (Å²) in [5.41, 5.74) is 6.47. The van der Waals surface area contributed by atoms with E-state index < -0.39 is 17.7 Å². The molecule has 2 N–H and O–H groups in total. The molecule has 0 amide bonds. The Morgan fingerprint density at radius 3 is 2.78 bits per heavy atom. The largest absolute Gasteiger partial charge is 0.324 e. The van der Waals surface area contributed by atoms with Gasteiger partial charge >= 0.3 is 0 Å². The molecular weight excluding hydrogens is 306 g/mol. The molecule has 1 aromatic heterocycles. The summed E-state index contributed by atoms with van der Waals surface area (Å²) in [6.45, 7) is 0. The smallest absolute Gasteiger partial charge is 0.173 e. The van der Waals surface area contributed by atoms with Crippen LogP contribution in [0.3, 0.4) is 0 Å². The summed E-state index contributed by atoms with van der Waals surface area (Å²) in [7, 11) is 1.75. The van der Waals surface area contributed by atoms with Crippen molar-refractivity contribution >= 4 is 15.9 Å². The molecule has 0 aliphatic heterocycles. The zero-order valence-electron chi connectivity index (χ0n) is 9.57. The molecule has 0 fully saturated rings. The standard InChI is InChI=1S/C11H11BrF2N4/c1-18-9(16-5-17-18)4-8(15)6-2-3-7(13)11(14)10(6)12/h2-3,5,8H,4,15H2,1H3. The normalized spacial score (nSPS) is 12.7. The van der Waals surface area contributed by atoms with Gasteiger partial charge in [0.25, 0.3) is 0 Å². The number of halogens is 3. The van der Waals surface area contributed by atoms with Crippen molar-refractivity contribution in [3.63, 3.8) is 0 Å². The van der Waals surface area contributed by atoms with E-state index in [0.29, 0.717) is 17.8 Å². The topological polar surface area (TPSA) is 56.7 Å². The van der Waals surface area contributed by atoms with Gasteiger partial charge in [0, 0.05) is 19.5 Å². The maximum atomic E-state index is 13.4. The zero-order valence-corrected chi connectivity index (χ0v) is 11.2. The predicted octanol–water partition coefficient (Wildman–Crippen LogP) is 2.10. The molecule has 7 heteroatoms. The van der Waals surface area contributed by atoms with Crippen molar-refractivity contribution in [2.75, 3.05) is 0 Å². The van der Waals surface area contributed by atoms with Crippen molar-refractivity contribution in [2.45, 2.75) is 12.5 Å². The van der Waals surface area contributed by atoms with Gasteiger partial charge in [0.1, 0.15) is 12.2 Å². The Kier molecular flexibility index (Phi) is 3.72. The molecule has 1 aromatic carbocycles. The molecule has 0 bridgehead atoms. The van der Waals surface area contributed by atoms with Crippen molar-refractivity contribution in [3.8, 4) is 0 Å². The number of aromatic nitrogens is 3. The highest BCUT2D eigenvalue weighted by Gasteiger charge is 2.18. The fourth-order valence-corrected chi connectivity index (χ4v) is 2.25. The number of nitrogens with zero attached hydrogens (tertiary/aromatic N) is 3. The van der Waals surface area contributed by atoms with E-state index in [2.05, 4.69) is 26.0 Å². The van der Waals surface area contributed by atoms with E-state index in [-0.39, 0.29) is 4.47 Å². The van der Waals surface area contributed by atoms with E-state index in [0.717, 1.165) is 6.07 Å². The zero-order chi connectivity index (χ0) is 13.3. The molecule has 2 rings (SSSR count). The summed E-state index contributed by atoms with van der Waals surface area (Å²) >= 11 is 3.02. The molecule has 1 atom stereocenters. The van der Waals surface area contributed by atoms with Crippen LogP contribution < -0.4 is 5.73 Å². The van der Waals surface area contributed by atoms with Crippen molar-refractivity contribution in [2.24, 2.45) is 12.8 Å². The van der Waals surface area contributed by atoms with Gasteiger partial charge in [-0.25, -0.2) is 13.8 Å². The molecule has 1 unspecified atom stereocenters. The lowest BCUT2D eigenvalue weighted by atomic mass is 10.0. The van der Waals surface area contributed by atoms with Crippen LogP contribution in [-0.4, -0.2) is 14.8 Å². The molecule has 1 heterocycles. The molecule has 96 valence electrons. The van der Waals surface area contributed by atoms with E-state index in [4.69, 9.17) is 5.73 Å². The van der Waals surface area contributed by atoms with Gasteiger partial charge in [0.2, 0.25) is 0 Å². The molecule has 0 aliphatic rings. The first-order chi connectivity index (χ1) is 8.50. The lowest BCUT2D eigenvalue weighted by Gasteiger charge is -2.14. The van der Waals surface area contributed by atoms with Crippen LogP contribution in [-0.2, 0) is 13.5 Å². The van der Waals surface area contributed by atoms with Crippen molar-refractivity contribution in [1.82, 2.24) is 14.8 Å². The summed E-state index contributed by atoms with van der Waals surface area (Å²) in [6, 6.07) is 2.03. The molecule has 4 nitrogen and oxygen atoms in total. The third kappa shape index (κ3) is 2.41. The summed E-state index contributed by atoms with van der Waals surface area (Å²) in [5, 5.41) is 3.92. The van der Waals surface area contributed by atoms with Gasteiger partial charge in [0.05, 0.1) is 4.47 Å². The first kappa shape index (κ1) is 13.1. The van der Waals surface area contributed by atoms with E-state index >= 15 is 0 Å². The first-order valence-corrected chi connectivity index (χ1v) is 6.02. The maximum Gasteiger partial charge on any atom is 0.173 e. The lowest BCUT2D eigenvalue weighted by Crippen LogP contribution is -2.17. The van der Waals surface area contributed by atoms with Crippen LogP contribution in [0, 0.1) is 11.6 Å². The molecule has 0 saturated heterocycles.